The first-order valence-corrected chi connectivity index (χ1v) is 13.5. The maximum absolute atomic E-state index is 5.64. The number of halogens is 1. The topological polar surface area (TPSA) is 43.4 Å². The molecule has 1 aliphatic heterocycles. The summed E-state index contributed by atoms with van der Waals surface area (Å²) in [6.45, 7) is 5.71. The lowest BCUT2D eigenvalue weighted by atomic mass is 10.0. The Bertz CT molecular complexity index is 1290. The van der Waals surface area contributed by atoms with Gasteiger partial charge in [-0.3, -0.25) is 9.88 Å². The lowest BCUT2D eigenvalue weighted by Crippen LogP contribution is -2.45. The monoisotopic (exact) mass is 595 g/mol. The number of anilines is 1. The summed E-state index contributed by atoms with van der Waals surface area (Å²) in [5, 5.41) is 9.72. The maximum Gasteiger partial charge on any atom is 0.175 e. The molecule has 2 aliphatic rings. The first-order valence-electron chi connectivity index (χ1n) is 12.1. The molecule has 5 nitrogen and oxygen atoms in total. The largest absolute Gasteiger partial charge is 0.336 e. The number of hydrogen-bond acceptors (Lipinski definition) is 4. The molecular formula is C28H30IN5S. The lowest BCUT2D eigenvalue weighted by Gasteiger charge is -2.33. The molecule has 0 saturated carbocycles. The SMILES string of the molecule is CN1CCN(CC2=CC=C(NC(=S)Nc3ccc(I)c(-c4nccc5ccccc45)c3)CC2)CC1. The fourth-order valence-electron chi connectivity index (χ4n) is 4.64. The summed E-state index contributed by atoms with van der Waals surface area (Å²) in [5.41, 5.74) is 5.71. The summed E-state index contributed by atoms with van der Waals surface area (Å²) >= 11 is 8.02. The zero-order chi connectivity index (χ0) is 24.2. The van der Waals surface area contributed by atoms with Crippen LogP contribution >= 0.6 is 34.8 Å². The number of likely N-dealkylation sites (N-methyl/N-ethyl adjacent to an activating group) is 1. The molecule has 7 heteroatoms. The Labute approximate surface area is 226 Å². The molecule has 5 rings (SSSR count). The molecule has 35 heavy (non-hydrogen) atoms. The van der Waals surface area contributed by atoms with Gasteiger partial charge in [0.25, 0.3) is 0 Å². The number of hydrogen-bond donors (Lipinski definition) is 2. The predicted octanol–water partition coefficient (Wildman–Crippen LogP) is 5.64. The minimum atomic E-state index is 0.616. The van der Waals surface area contributed by atoms with Crippen LogP contribution in [0.1, 0.15) is 12.8 Å². The third-order valence-electron chi connectivity index (χ3n) is 6.69. The van der Waals surface area contributed by atoms with Crippen molar-refractivity contribution in [2.45, 2.75) is 12.8 Å². The molecule has 1 saturated heterocycles. The number of allylic oxidation sites excluding steroid dienone is 3. The Morgan fingerprint density at radius 2 is 1.83 bits per heavy atom. The second-order valence-electron chi connectivity index (χ2n) is 9.25. The Kier molecular flexibility index (Phi) is 7.77. The quantitative estimate of drug-likeness (QED) is 0.294. The van der Waals surface area contributed by atoms with Crippen LogP contribution in [0, 0.1) is 3.57 Å². The van der Waals surface area contributed by atoms with Crippen LogP contribution in [0.15, 0.2) is 78.1 Å². The van der Waals surface area contributed by atoms with Crippen molar-refractivity contribution in [1.82, 2.24) is 20.1 Å². The Morgan fingerprint density at radius 1 is 1.00 bits per heavy atom. The van der Waals surface area contributed by atoms with Gasteiger partial charge in [-0.25, -0.2) is 0 Å². The Hall–Kier alpha value is -2.33. The molecule has 0 atom stereocenters. The number of thiocarbonyl (C=S) groups is 1. The molecule has 1 aliphatic carbocycles. The zero-order valence-electron chi connectivity index (χ0n) is 19.9. The number of fused-ring (bicyclic) bond motifs is 1. The van der Waals surface area contributed by atoms with E-state index in [4.69, 9.17) is 17.2 Å². The predicted molar refractivity (Wildman–Crippen MR) is 159 cm³/mol. The molecule has 0 spiro atoms. The van der Waals surface area contributed by atoms with Crippen LogP contribution in [0.25, 0.3) is 22.0 Å². The van der Waals surface area contributed by atoms with Crippen LogP contribution in [-0.2, 0) is 0 Å². The van der Waals surface area contributed by atoms with E-state index in [9.17, 15) is 0 Å². The molecule has 3 aromatic rings. The van der Waals surface area contributed by atoms with Crippen molar-refractivity contribution < 1.29 is 0 Å². The molecular weight excluding hydrogens is 565 g/mol. The van der Waals surface area contributed by atoms with Gasteiger partial charge < -0.3 is 15.5 Å². The van der Waals surface area contributed by atoms with E-state index in [2.05, 4.69) is 111 Å². The van der Waals surface area contributed by atoms with Gasteiger partial charge in [0, 0.05) is 64.8 Å². The van der Waals surface area contributed by atoms with Crippen LogP contribution in [-0.4, -0.2) is 59.7 Å². The minimum Gasteiger partial charge on any atom is -0.336 e. The fraction of sp³-hybridized carbons (Fsp3) is 0.286. The molecule has 2 aromatic carbocycles. The molecule has 0 unspecified atom stereocenters. The van der Waals surface area contributed by atoms with E-state index in [1.165, 1.54) is 11.0 Å². The summed E-state index contributed by atoms with van der Waals surface area (Å²) < 4.78 is 1.16. The fourth-order valence-corrected chi connectivity index (χ4v) is 5.48. The standard InChI is InChI=1S/C28H30IN5S/c1-33-14-16-34(17-15-33)19-20-6-8-22(9-7-20)31-28(35)32-23-10-11-26(29)25(18-23)27-24-5-3-2-4-21(24)12-13-30-27/h2-6,8,10-13,18H,7,9,14-17,19H2,1H3,(H2,31,32,35). The van der Waals surface area contributed by atoms with Crippen LogP contribution in [0.2, 0.25) is 0 Å². The first kappa shape index (κ1) is 24.4. The van der Waals surface area contributed by atoms with Crippen LogP contribution in [0.3, 0.4) is 0 Å². The van der Waals surface area contributed by atoms with Gasteiger partial charge in [0.1, 0.15) is 0 Å². The number of aromatic nitrogens is 1. The molecule has 180 valence electrons. The van der Waals surface area contributed by atoms with E-state index in [0.29, 0.717) is 5.11 Å². The molecule has 2 N–H and O–H groups in total. The van der Waals surface area contributed by atoms with Gasteiger partial charge in [0.15, 0.2) is 5.11 Å². The lowest BCUT2D eigenvalue weighted by molar-refractivity contribution is 0.163. The zero-order valence-corrected chi connectivity index (χ0v) is 22.9. The highest BCUT2D eigenvalue weighted by molar-refractivity contribution is 14.1. The average molecular weight is 596 g/mol. The van der Waals surface area contributed by atoms with Gasteiger partial charge >= 0.3 is 0 Å². The second-order valence-corrected chi connectivity index (χ2v) is 10.8. The van der Waals surface area contributed by atoms with Crippen molar-refractivity contribution in [2.75, 3.05) is 45.1 Å². The number of benzene rings is 2. The molecule has 1 aromatic heterocycles. The summed E-state index contributed by atoms with van der Waals surface area (Å²) in [6.07, 6.45) is 8.39. The highest BCUT2D eigenvalue weighted by Crippen LogP contribution is 2.32. The smallest absolute Gasteiger partial charge is 0.175 e. The molecule has 0 bridgehead atoms. The number of nitrogens with zero attached hydrogens (tertiary/aromatic N) is 3. The molecule has 2 heterocycles. The highest BCUT2D eigenvalue weighted by Gasteiger charge is 2.16. The van der Waals surface area contributed by atoms with E-state index in [1.54, 1.807) is 0 Å². The van der Waals surface area contributed by atoms with Crippen molar-refractivity contribution in [3.8, 4) is 11.3 Å². The van der Waals surface area contributed by atoms with Crippen LogP contribution in [0.4, 0.5) is 5.69 Å². The summed E-state index contributed by atoms with van der Waals surface area (Å²) in [6, 6.07) is 16.7. The highest BCUT2D eigenvalue weighted by atomic mass is 127. The Balaban J connectivity index is 1.24. The van der Waals surface area contributed by atoms with Crippen molar-refractivity contribution in [1.29, 1.82) is 0 Å². The number of nitrogens with one attached hydrogen (secondary N) is 2. The van der Waals surface area contributed by atoms with Crippen molar-refractivity contribution >= 4 is 56.4 Å². The van der Waals surface area contributed by atoms with E-state index in [-0.39, 0.29) is 0 Å². The maximum atomic E-state index is 5.64. The van der Waals surface area contributed by atoms with Crippen molar-refractivity contribution in [3.63, 3.8) is 0 Å². The van der Waals surface area contributed by atoms with Crippen LogP contribution in [0.5, 0.6) is 0 Å². The van der Waals surface area contributed by atoms with Gasteiger partial charge in [-0.2, -0.15) is 0 Å². The van der Waals surface area contributed by atoms with Crippen molar-refractivity contribution in [2.24, 2.45) is 0 Å². The van der Waals surface area contributed by atoms with Gasteiger partial charge in [-0.05, 0) is 90.4 Å². The van der Waals surface area contributed by atoms with E-state index >= 15 is 0 Å². The van der Waals surface area contributed by atoms with E-state index < -0.39 is 0 Å². The third-order valence-corrected chi connectivity index (χ3v) is 7.83. The molecule has 0 amide bonds. The first-order chi connectivity index (χ1) is 17.0. The number of rotatable bonds is 5. The number of pyridine rings is 1. The average Bonchev–Trinajstić information content (AvgIpc) is 2.87. The summed E-state index contributed by atoms with van der Waals surface area (Å²) in [4.78, 5) is 9.66. The van der Waals surface area contributed by atoms with Gasteiger partial charge in [-0.1, -0.05) is 35.9 Å². The molecule has 0 radical (unpaired) electrons. The minimum absolute atomic E-state index is 0.616. The number of piperazine rings is 1. The van der Waals surface area contributed by atoms with Gasteiger partial charge in [0.2, 0.25) is 0 Å². The van der Waals surface area contributed by atoms with E-state index in [1.807, 2.05) is 6.20 Å². The summed E-state index contributed by atoms with van der Waals surface area (Å²) in [5.74, 6) is 0. The van der Waals surface area contributed by atoms with Gasteiger partial charge in [0.05, 0.1) is 5.69 Å². The second kappa shape index (κ2) is 11.2. The van der Waals surface area contributed by atoms with E-state index in [0.717, 1.165) is 77.2 Å². The van der Waals surface area contributed by atoms with Gasteiger partial charge in [-0.15, -0.1) is 0 Å². The summed E-state index contributed by atoms with van der Waals surface area (Å²) in [7, 11) is 2.20. The third kappa shape index (κ3) is 6.09. The van der Waals surface area contributed by atoms with Crippen LogP contribution < -0.4 is 10.6 Å². The Morgan fingerprint density at radius 3 is 2.63 bits per heavy atom. The van der Waals surface area contributed by atoms with Crippen molar-refractivity contribution in [3.05, 3.63) is 81.7 Å². The normalized spacial score (nSPS) is 17.1. The molecule has 1 fully saturated rings.